The summed E-state index contributed by atoms with van der Waals surface area (Å²) in [5, 5.41) is -0.0852. The lowest BCUT2D eigenvalue weighted by Gasteiger charge is -2.53. The summed E-state index contributed by atoms with van der Waals surface area (Å²) >= 11 is 6.50. The fourth-order valence-corrected chi connectivity index (χ4v) is 11.5. The number of piperazine rings is 1. The Hall–Kier alpha value is -3.16. The molecule has 1 saturated carbocycles. The van der Waals surface area contributed by atoms with Crippen molar-refractivity contribution in [2.24, 2.45) is 17.8 Å². The molecule has 2 aromatic rings. The van der Waals surface area contributed by atoms with E-state index in [2.05, 4.69) is 38.8 Å². The van der Waals surface area contributed by atoms with E-state index >= 15 is 0 Å². The summed E-state index contributed by atoms with van der Waals surface area (Å²) in [6, 6.07) is 11.5. The van der Waals surface area contributed by atoms with Crippen LogP contribution in [-0.2, 0) is 36.1 Å². The summed E-state index contributed by atoms with van der Waals surface area (Å²) in [7, 11) is -2.19. The van der Waals surface area contributed by atoms with Gasteiger partial charge < -0.3 is 24.0 Å². The highest BCUT2D eigenvalue weighted by atomic mass is 35.5. The number of hydrogen-bond donors (Lipinski definition) is 1. The number of methoxy groups -OCH3 is 1. The van der Waals surface area contributed by atoms with Gasteiger partial charge in [-0.3, -0.25) is 14.5 Å². The van der Waals surface area contributed by atoms with Gasteiger partial charge >= 0.3 is 0 Å². The zero-order chi connectivity index (χ0) is 37.8. The molecule has 1 N–H and O–H groups in total. The van der Waals surface area contributed by atoms with E-state index in [9.17, 15) is 18.0 Å². The fourth-order valence-electron chi connectivity index (χ4n) is 10.1. The SMILES string of the molecule is CO[C@]1(CN2CCN3C(=O)COC[C@@H]3C2)/C=C\C[C@H](C)[C@@H](C)S(=O)(=O)NC(=O)c2ccc3c(c2)N(C[C@@H]2CC[C@H]21)C[C@@]1(CCCc2cc(Cl)ccc21)CO3. The van der Waals surface area contributed by atoms with Gasteiger partial charge in [0, 0.05) is 62.4 Å². The minimum atomic E-state index is -3.99. The van der Waals surface area contributed by atoms with Crippen molar-refractivity contribution in [2.45, 2.75) is 74.7 Å². The Morgan fingerprint density at radius 3 is 2.72 bits per heavy atom. The molecule has 7 atom stereocenters. The van der Waals surface area contributed by atoms with Gasteiger partial charge in [0.15, 0.2) is 0 Å². The Kier molecular flexibility index (Phi) is 10.3. The number of morpholine rings is 1. The number of ether oxygens (including phenoxy) is 3. The first kappa shape index (κ1) is 37.7. The number of carbonyl (C=O) groups is 2. The van der Waals surface area contributed by atoms with Gasteiger partial charge in [0.05, 0.1) is 30.2 Å². The van der Waals surface area contributed by atoms with Crippen molar-refractivity contribution in [3.63, 3.8) is 0 Å². The van der Waals surface area contributed by atoms with Crippen LogP contribution in [0.2, 0.25) is 5.02 Å². The molecule has 8 rings (SSSR count). The van der Waals surface area contributed by atoms with E-state index in [0.717, 1.165) is 55.9 Å². The second-order valence-corrected chi connectivity index (χ2v) is 19.2. The summed E-state index contributed by atoms with van der Waals surface area (Å²) < 4.78 is 48.6. The Bertz CT molecular complexity index is 1930. The largest absolute Gasteiger partial charge is 0.490 e. The molecule has 3 fully saturated rings. The average molecular weight is 781 g/mol. The number of hydrogen-bond acceptors (Lipinski definition) is 9. The summed E-state index contributed by atoms with van der Waals surface area (Å²) in [4.78, 5) is 33.1. The minimum absolute atomic E-state index is 0.00907. The van der Waals surface area contributed by atoms with Crippen molar-refractivity contribution in [3.8, 4) is 5.75 Å². The van der Waals surface area contributed by atoms with Gasteiger partial charge in [-0.05, 0) is 105 Å². The van der Waals surface area contributed by atoms with Crippen LogP contribution in [0.4, 0.5) is 5.69 Å². The number of carbonyl (C=O) groups excluding carboxylic acids is 2. The zero-order valence-electron chi connectivity index (χ0n) is 31.6. The van der Waals surface area contributed by atoms with Crippen LogP contribution in [-0.4, -0.2) is 113 Å². The van der Waals surface area contributed by atoms with E-state index in [4.69, 9.17) is 25.8 Å². The molecule has 54 heavy (non-hydrogen) atoms. The topological polar surface area (TPSA) is 118 Å². The number of halogens is 1. The average Bonchev–Trinajstić information content (AvgIpc) is 3.29. The Balaban J connectivity index is 1.18. The van der Waals surface area contributed by atoms with Gasteiger partial charge in [-0.1, -0.05) is 36.7 Å². The molecule has 292 valence electrons. The second kappa shape index (κ2) is 14.7. The second-order valence-electron chi connectivity index (χ2n) is 16.7. The Labute approximate surface area is 324 Å². The number of anilines is 1. The summed E-state index contributed by atoms with van der Waals surface area (Å²) in [5.41, 5.74) is 2.65. The summed E-state index contributed by atoms with van der Waals surface area (Å²) in [6.45, 7) is 8.90. The van der Waals surface area contributed by atoms with Crippen LogP contribution in [0, 0.1) is 17.8 Å². The van der Waals surface area contributed by atoms with Crippen molar-refractivity contribution in [2.75, 3.05) is 71.1 Å². The maximum Gasteiger partial charge on any atom is 0.264 e. The molecule has 0 aromatic heterocycles. The number of sulfonamides is 1. The molecule has 11 nitrogen and oxygen atoms in total. The van der Waals surface area contributed by atoms with Crippen LogP contribution < -0.4 is 14.4 Å². The third kappa shape index (κ3) is 6.95. The molecule has 2 amide bonds. The van der Waals surface area contributed by atoms with E-state index in [1.807, 2.05) is 30.0 Å². The van der Waals surface area contributed by atoms with Gasteiger partial charge in [0.25, 0.3) is 5.91 Å². The molecule has 2 aromatic carbocycles. The zero-order valence-corrected chi connectivity index (χ0v) is 33.2. The van der Waals surface area contributed by atoms with Crippen LogP contribution in [0.3, 0.4) is 0 Å². The van der Waals surface area contributed by atoms with E-state index in [0.29, 0.717) is 51.6 Å². The van der Waals surface area contributed by atoms with Gasteiger partial charge in [0.1, 0.15) is 18.0 Å². The third-order valence-electron chi connectivity index (χ3n) is 13.5. The number of rotatable bonds is 3. The summed E-state index contributed by atoms with van der Waals surface area (Å²) in [6.07, 6.45) is 9.73. The van der Waals surface area contributed by atoms with Gasteiger partial charge in [0.2, 0.25) is 15.9 Å². The molecule has 0 radical (unpaired) electrons. The Morgan fingerprint density at radius 2 is 1.93 bits per heavy atom. The summed E-state index contributed by atoms with van der Waals surface area (Å²) in [5.74, 6) is 0.288. The highest BCUT2D eigenvalue weighted by Gasteiger charge is 2.50. The fraction of sp³-hybridized carbons (Fsp3) is 0.610. The number of fused-ring (bicyclic) bond motifs is 5. The van der Waals surface area contributed by atoms with E-state index in [1.54, 1.807) is 20.1 Å². The van der Waals surface area contributed by atoms with Crippen molar-refractivity contribution in [1.29, 1.82) is 0 Å². The molecule has 2 saturated heterocycles. The number of allylic oxidation sites excluding steroid dienone is 1. The lowest BCUT2D eigenvalue weighted by atomic mass is 9.63. The van der Waals surface area contributed by atoms with E-state index in [-0.39, 0.29) is 47.3 Å². The highest BCUT2D eigenvalue weighted by molar-refractivity contribution is 7.90. The van der Waals surface area contributed by atoms with E-state index < -0.39 is 26.8 Å². The van der Waals surface area contributed by atoms with Crippen molar-refractivity contribution >= 4 is 39.1 Å². The quantitative estimate of drug-likeness (QED) is 0.438. The number of amides is 2. The monoisotopic (exact) mass is 780 g/mol. The molecule has 1 spiro atoms. The number of benzene rings is 2. The van der Waals surface area contributed by atoms with Crippen molar-refractivity contribution in [3.05, 3.63) is 70.3 Å². The number of nitrogens with one attached hydrogen (secondary N) is 1. The smallest absolute Gasteiger partial charge is 0.264 e. The third-order valence-corrected chi connectivity index (χ3v) is 15.7. The first-order chi connectivity index (χ1) is 25.9. The van der Waals surface area contributed by atoms with Crippen LogP contribution in [0.1, 0.15) is 67.4 Å². The first-order valence-electron chi connectivity index (χ1n) is 19.6. The van der Waals surface area contributed by atoms with Crippen LogP contribution in [0.5, 0.6) is 5.75 Å². The van der Waals surface area contributed by atoms with Gasteiger partial charge in [-0.2, -0.15) is 0 Å². The van der Waals surface area contributed by atoms with Crippen LogP contribution in [0.25, 0.3) is 0 Å². The Morgan fingerprint density at radius 1 is 1.07 bits per heavy atom. The maximum atomic E-state index is 13.7. The minimum Gasteiger partial charge on any atom is -0.490 e. The molecule has 0 unspecified atom stereocenters. The molecular formula is C41H53ClN4O7S. The standard InChI is InChI=1S/C41H53ClN4O7S/c1-27-6-4-15-41(51-3,25-44-16-17-46-33(21-44)22-52-23-38(46)47)35-11-8-31(35)20-45-24-40(14-5-7-29-18-32(42)10-12-34(29)40)26-53-37-13-9-30(19-36(37)45)39(48)43-54(49,50)28(27)2/h4,9-10,12-13,15,18-19,27-28,31,33,35H,5-8,11,14,16-17,20-26H2,1-3H3,(H,43,48)/b15-4-/t27-,28+,31-,33-,35+,40-,41-/m0/s1. The van der Waals surface area contributed by atoms with Gasteiger partial charge in [-0.25, -0.2) is 13.1 Å². The molecule has 4 heterocycles. The molecule has 13 heteroatoms. The lowest BCUT2D eigenvalue weighted by molar-refractivity contribution is -0.155. The predicted octanol–water partition coefficient (Wildman–Crippen LogP) is 4.81. The number of nitrogens with zero attached hydrogens (tertiary/aromatic N) is 3. The van der Waals surface area contributed by atoms with Crippen LogP contribution in [0.15, 0.2) is 48.6 Å². The molecule has 4 aliphatic heterocycles. The predicted molar refractivity (Wildman–Crippen MR) is 208 cm³/mol. The number of aryl methyl sites for hydroxylation is 1. The molecular weight excluding hydrogens is 728 g/mol. The first-order valence-corrected chi connectivity index (χ1v) is 21.5. The van der Waals surface area contributed by atoms with Gasteiger partial charge in [-0.15, -0.1) is 0 Å². The van der Waals surface area contributed by atoms with E-state index in [1.165, 1.54) is 11.1 Å². The maximum absolute atomic E-state index is 13.7. The lowest BCUT2D eigenvalue weighted by Crippen LogP contribution is -2.63. The van der Waals surface area contributed by atoms with Crippen molar-refractivity contribution < 1.29 is 32.2 Å². The van der Waals surface area contributed by atoms with Crippen molar-refractivity contribution in [1.82, 2.24) is 14.5 Å². The normalized spacial score (nSPS) is 34.7. The highest BCUT2D eigenvalue weighted by Crippen LogP contribution is 2.49. The molecule has 2 bridgehead atoms. The molecule has 2 aliphatic carbocycles. The van der Waals surface area contributed by atoms with Crippen LogP contribution >= 0.6 is 11.6 Å². The molecule has 6 aliphatic rings.